The summed E-state index contributed by atoms with van der Waals surface area (Å²) in [6.45, 7) is 8.03. The van der Waals surface area contributed by atoms with Crippen LogP contribution in [0.1, 0.15) is 45.6 Å². The standard InChI is InChI=1S/C16H27N/c1-4-15(5-2)13-17-14(3)11-12-16-9-7-6-8-10-16/h6-10,14-15,17H,4-5,11-13H2,1-3H3. The maximum atomic E-state index is 3.65. The first-order chi connectivity index (χ1) is 8.26. The molecule has 1 rings (SSSR count). The molecule has 17 heavy (non-hydrogen) atoms. The molecule has 1 aromatic carbocycles. The van der Waals surface area contributed by atoms with Crippen LogP contribution in [0.3, 0.4) is 0 Å². The number of hydrogen-bond acceptors (Lipinski definition) is 1. The largest absolute Gasteiger partial charge is 0.314 e. The van der Waals surface area contributed by atoms with E-state index in [1.165, 1.54) is 37.8 Å². The van der Waals surface area contributed by atoms with Gasteiger partial charge in [-0.1, -0.05) is 57.0 Å². The van der Waals surface area contributed by atoms with Crippen molar-refractivity contribution in [3.8, 4) is 0 Å². The Hall–Kier alpha value is -0.820. The van der Waals surface area contributed by atoms with Gasteiger partial charge in [0.1, 0.15) is 0 Å². The van der Waals surface area contributed by atoms with Gasteiger partial charge in [-0.25, -0.2) is 0 Å². The van der Waals surface area contributed by atoms with Crippen LogP contribution in [0.2, 0.25) is 0 Å². The second-order valence-electron chi connectivity index (χ2n) is 5.02. The molecule has 0 aliphatic rings. The van der Waals surface area contributed by atoms with Crippen molar-refractivity contribution in [2.45, 2.75) is 52.5 Å². The zero-order chi connectivity index (χ0) is 12.5. The van der Waals surface area contributed by atoms with Crippen molar-refractivity contribution in [2.75, 3.05) is 6.54 Å². The molecule has 0 radical (unpaired) electrons. The Morgan fingerprint density at radius 2 is 1.71 bits per heavy atom. The van der Waals surface area contributed by atoms with E-state index in [1.807, 2.05) is 0 Å². The molecule has 0 spiro atoms. The smallest absolute Gasteiger partial charge is 0.00420 e. The average molecular weight is 233 g/mol. The molecule has 1 atom stereocenters. The van der Waals surface area contributed by atoms with Crippen LogP contribution in [-0.4, -0.2) is 12.6 Å². The first-order valence-electron chi connectivity index (χ1n) is 7.03. The maximum Gasteiger partial charge on any atom is 0.00420 e. The van der Waals surface area contributed by atoms with Crippen LogP contribution in [0.5, 0.6) is 0 Å². The summed E-state index contributed by atoms with van der Waals surface area (Å²) < 4.78 is 0. The van der Waals surface area contributed by atoms with Gasteiger partial charge < -0.3 is 5.32 Å². The predicted octanol–water partition coefficient (Wildman–Crippen LogP) is 4.03. The van der Waals surface area contributed by atoms with Crippen LogP contribution in [-0.2, 0) is 6.42 Å². The number of aryl methyl sites for hydroxylation is 1. The minimum absolute atomic E-state index is 0.621. The van der Waals surface area contributed by atoms with E-state index in [-0.39, 0.29) is 0 Å². The Labute approximate surface area is 107 Å². The van der Waals surface area contributed by atoms with Gasteiger partial charge in [0.15, 0.2) is 0 Å². The van der Waals surface area contributed by atoms with Crippen molar-refractivity contribution >= 4 is 0 Å². The van der Waals surface area contributed by atoms with Crippen molar-refractivity contribution in [2.24, 2.45) is 5.92 Å². The van der Waals surface area contributed by atoms with Gasteiger partial charge in [-0.05, 0) is 37.8 Å². The average Bonchev–Trinajstić information content (AvgIpc) is 2.39. The fourth-order valence-electron chi connectivity index (χ4n) is 2.08. The quantitative estimate of drug-likeness (QED) is 0.714. The van der Waals surface area contributed by atoms with Crippen molar-refractivity contribution in [3.05, 3.63) is 35.9 Å². The molecule has 0 aliphatic carbocycles. The van der Waals surface area contributed by atoms with Crippen molar-refractivity contribution in [1.29, 1.82) is 0 Å². The van der Waals surface area contributed by atoms with Gasteiger partial charge in [-0.2, -0.15) is 0 Å². The van der Waals surface area contributed by atoms with Gasteiger partial charge >= 0.3 is 0 Å². The summed E-state index contributed by atoms with van der Waals surface area (Å²) in [5, 5.41) is 3.65. The van der Waals surface area contributed by atoms with Gasteiger partial charge in [-0.3, -0.25) is 0 Å². The molecule has 0 heterocycles. The van der Waals surface area contributed by atoms with E-state index in [9.17, 15) is 0 Å². The highest BCUT2D eigenvalue weighted by Crippen LogP contribution is 2.08. The molecule has 1 N–H and O–H groups in total. The van der Waals surface area contributed by atoms with E-state index in [2.05, 4.69) is 56.4 Å². The third-order valence-electron chi connectivity index (χ3n) is 3.62. The summed E-state index contributed by atoms with van der Waals surface area (Å²) in [6, 6.07) is 11.4. The molecule has 1 nitrogen and oxygen atoms in total. The van der Waals surface area contributed by atoms with E-state index >= 15 is 0 Å². The van der Waals surface area contributed by atoms with Crippen molar-refractivity contribution in [1.82, 2.24) is 5.32 Å². The summed E-state index contributed by atoms with van der Waals surface area (Å²) in [7, 11) is 0. The zero-order valence-corrected chi connectivity index (χ0v) is 11.6. The molecule has 1 heteroatoms. The van der Waals surface area contributed by atoms with Crippen LogP contribution in [0.25, 0.3) is 0 Å². The first kappa shape index (κ1) is 14.2. The lowest BCUT2D eigenvalue weighted by Gasteiger charge is -2.18. The van der Waals surface area contributed by atoms with E-state index in [1.54, 1.807) is 0 Å². The van der Waals surface area contributed by atoms with Crippen LogP contribution in [0.15, 0.2) is 30.3 Å². The van der Waals surface area contributed by atoms with E-state index in [0.717, 1.165) is 5.92 Å². The summed E-state index contributed by atoms with van der Waals surface area (Å²) in [5.74, 6) is 0.842. The Bertz CT molecular complexity index is 277. The number of rotatable bonds is 8. The predicted molar refractivity (Wildman–Crippen MR) is 76.3 cm³/mol. The lowest BCUT2D eigenvalue weighted by atomic mass is 10.0. The molecule has 0 amide bonds. The van der Waals surface area contributed by atoms with Crippen LogP contribution < -0.4 is 5.32 Å². The highest BCUT2D eigenvalue weighted by Gasteiger charge is 2.06. The summed E-state index contributed by atoms with van der Waals surface area (Å²) in [6.07, 6.45) is 4.98. The SMILES string of the molecule is CCC(CC)CNC(C)CCc1ccccc1. The van der Waals surface area contributed by atoms with Crippen LogP contribution in [0, 0.1) is 5.92 Å². The molecular formula is C16H27N. The highest BCUT2D eigenvalue weighted by molar-refractivity contribution is 5.14. The molecule has 96 valence electrons. The fourth-order valence-corrected chi connectivity index (χ4v) is 2.08. The number of nitrogens with one attached hydrogen (secondary N) is 1. The molecule has 0 saturated carbocycles. The van der Waals surface area contributed by atoms with Gasteiger partial charge in [0, 0.05) is 6.04 Å². The second-order valence-corrected chi connectivity index (χ2v) is 5.02. The summed E-state index contributed by atoms with van der Waals surface area (Å²) >= 11 is 0. The highest BCUT2D eigenvalue weighted by atomic mass is 14.9. The molecule has 0 saturated heterocycles. The third-order valence-corrected chi connectivity index (χ3v) is 3.62. The Kier molecular flexibility index (Phi) is 6.95. The minimum Gasteiger partial charge on any atom is -0.314 e. The van der Waals surface area contributed by atoms with Crippen LogP contribution >= 0.6 is 0 Å². The molecule has 1 unspecified atom stereocenters. The molecule has 1 aromatic rings. The Balaban J connectivity index is 2.19. The summed E-state index contributed by atoms with van der Waals surface area (Å²) in [4.78, 5) is 0. The lowest BCUT2D eigenvalue weighted by Crippen LogP contribution is -2.31. The fraction of sp³-hybridized carbons (Fsp3) is 0.625. The minimum atomic E-state index is 0.621. The van der Waals surface area contributed by atoms with Crippen molar-refractivity contribution in [3.63, 3.8) is 0 Å². The van der Waals surface area contributed by atoms with Crippen molar-refractivity contribution < 1.29 is 0 Å². The molecule has 0 aromatic heterocycles. The Morgan fingerprint density at radius 1 is 1.06 bits per heavy atom. The molecule has 0 aliphatic heterocycles. The van der Waals surface area contributed by atoms with E-state index in [4.69, 9.17) is 0 Å². The third kappa shape index (κ3) is 5.88. The topological polar surface area (TPSA) is 12.0 Å². The molecule has 0 fully saturated rings. The van der Waals surface area contributed by atoms with Crippen LogP contribution in [0.4, 0.5) is 0 Å². The maximum absolute atomic E-state index is 3.65. The Morgan fingerprint density at radius 3 is 2.29 bits per heavy atom. The monoisotopic (exact) mass is 233 g/mol. The lowest BCUT2D eigenvalue weighted by molar-refractivity contribution is 0.407. The first-order valence-corrected chi connectivity index (χ1v) is 7.03. The normalized spacial score (nSPS) is 12.9. The van der Waals surface area contributed by atoms with E-state index < -0.39 is 0 Å². The van der Waals surface area contributed by atoms with Gasteiger partial charge in [0.05, 0.1) is 0 Å². The number of hydrogen-bond donors (Lipinski definition) is 1. The molecule has 0 bridgehead atoms. The van der Waals surface area contributed by atoms with Gasteiger partial charge in [0.25, 0.3) is 0 Å². The summed E-state index contributed by atoms with van der Waals surface area (Å²) in [5.41, 5.74) is 1.45. The van der Waals surface area contributed by atoms with Gasteiger partial charge in [0.2, 0.25) is 0 Å². The second kappa shape index (κ2) is 8.30. The number of benzene rings is 1. The zero-order valence-electron chi connectivity index (χ0n) is 11.6. The van der Waals surface area contributed by atoms with E-state index in [0.29, 0.717) is 6.04 Å². The van der Waals surface area contributed by atoms with Gasteiger partial charge in [-0.15, -0.1) is 0 Å². The molecular weight excluding hydrogens is 206 g/mol.